The Kier molecular flexibility index (Phi) is 5.26. The predicted octanol–water partition coefficient (Wildman–Crippen LogP) is 2.06. The highest BCUT2D eigenvalue weighted by molar-refractivity contribution is 5.79. The van der Waals surface area contributed by atoms with Crippen LogP contribution in [0.25, 0.3) is 0 Å². The molecule has 1 aromatic heterocycles. The van der Waals surface area contributed by atoms with Crippen LogP contribution in [0.1, 0.15) is 31.5 Å². The van der Waals surface area contributed by atoms with Gasteiger partial charge in [0, 0.05) is 6.42 Å². The summed E-state index contributed by atoms with van der Waals surface area (Å²) in [7, 11) is 0. The van der Waals surface area contributed by atoms with E-state index in [2.05, 4.69) is 14.9 Å². The van der Waals surface area contributed by atoms with E-state index in [0.717, 1.165) is 0 Å². The maximum Gasteiger partial charge on any atom is 0.411 e. The smallest absolute Gasteiger partial charge is 0.364 e. The molecule has 0 atom stereocenters. The summed E-state index contributed by atoms with van der Waals surface area (Å²) in [4.78, 5) is 15.0. The van der Waals surface area contributed by atoms with Gasteiger partial charge in [-0.3, -0.25) is 4.79 Å². The fraction of sp³-hybridized carbons (Fsp3) is 0.700. The molecule has 102 valence electrons. The Labute approximate surface area is 101 Å². The third kappa shape index (κ3) is 5.76. The number of rotatable bonds is 7. The van der Waals surface area contributed by atoms with Crippen molar-refractivity contribution >= 4 is 5.78 Å². The fourth-order valence-electron chi connectivity index (χ4n) is 1.21. The van der Waals surface area contributed by atoms with Crippen molar-refractivity contribution in [3.05, 3.63) is 11.7 Å². The summed E-state index contributed by atoms with van der Waals surface area (Å²) < 4.78 is 44.4. The van der Waals surface area contributed by atoms with Gasteiger partial charge in [-0.15, -0.1) is 0 Å². The van der Waals surface area contributed by atoms with Crippen LogP contribution in [-0.4, -0.2) is 28.7 Å². The van der Waals surface area contributed by atoms with E-state index < -0.39 is 19.4 Å². The van der Waals surface area contributed by atoms with Crippen molar-refractivity contribution in [2.45, 2.75) is 39.0 Å². The van der Waals surface area contributed by atoms with Gasteiger partial charge in [0.25, 0.3) is 0 Å². The normalized spacial score (nSPS) is 11.8. The zero-order valence-electron chi connectivity index (χ0n) is 9.79. The lowest BCUT2D eigenvalue weighted by molar-refractivity contribution is -0.177. The molecule has 0 saturated carbocycles. The van der Waals surface area contributed by atoms with Crippen molar-refractivity contribution in [2.75, 3.05) is 6.61 Å². The summed E-state index contributed by atoms with van der Waals surface area (Å²) in [6, 6.07) is 0. The van der Waals surface area contributed by atoms with E-state index in [1.165, 1.54) is 0 Å². The molecule has 0 radical (unpaired) electrons. The monoisotopic (exact) mass is 266 g/mol. The number of ketones is 1. The number of carbonyl (C=O) groups excluding carboxylic acids is 1. The van der Waals surface area contributed by atoms with Crippen LogP contribution in [0.2, 0.25) is 0 Å². The Morgan fingerprint density at radius 1 is 1.44 bits per heavy atom. The van der Waals surface area contributed by atoms with Crippen molar-refractivity contribution in [3.8, 4) is 0 Å². The summed E-state index contributed by atoms with van der Waals surface area (Å²) in [5, 5.41) is 3.42. The number of hydrogen-bond acceptors (Lipinski definition) is 5. The minimum atomic E-state index is -4.39. The summed E-state index contributed by atoms with van der Waals surface area (Å²) >= 11 is 0. The summed E-state index contributed by atoms with van der Waals surface area (Å²) in [6.07, 6.45) is -3.26. The van der Waals surface area contributed by atoms with Gasteiger partial charge in [0.05, 0.1) is 6.42 Å². The number of alkyl halides is 3. The third-order valence-corrected chi connectivity index (χ3v) is 1.88. The van der Waals surface area contributed by atoms with E-state index in [4.69, 9.17) is 4.52 Å². The molecule has 0 spiro atoms. The van der Waals surface area contributed by atoms with E-state index >= 15 is 0 Å². The van der Waals surface area contributed by atoms with E-state index in [9.17, 15) is 18.0 Å². The van der Waals surface area contributed by atoms with Crippen LogP contribution in [0.3, 0.4) is 0 Å². The molecule has 18 heavy (non-hydrogen) atoms. The second-order valence-electron chi connectivity index (χ2n) is 3.68. The molecule has 0 amide bonds. The lowest BCUT2D eigenvalue weighted by Crippen LogP contribution is -2.17. The van der Waals surface area contributed by atoms with Crippen molar-refractivity contribution in [1.82, 2.24) is 10.1 Å². The second kappa shape index (κ2) is 6.48. The first-order chi connectivity index (χ1) is 8.40. The van der Waals surface area contributed by atoms with Crippen molar-refractivity contribution in [1.29, 1.82) is 0 Å². The van der Waals surface area contributed by atoms with Crippen LogP contribution in [0, 0.1) is 0 Å². The average Bonchev–Trinajstić information content (AvgIpc) is 2.64. The lowest BCUT2D eigenvalue weighted by Gasteiger charge is -2.04. The number of nitrogens with zero attached hydrogens (tertiary/aromatic N) is 2. The Bertz CT molecular complexity index is 390. The first-order valence-electron chi connectivity index (χ1n) is 5.38. The minimum absolute atomic E-state index is 0.000110. The molecule has 0 fully saturated rings. The Hall–Kier alpha value is -1.44. The number of halogens is 3. The molecule has 1 aromatic rings. The molecule has 0 unspecified atom stereocenters. The van der Waals surface area contributed by atoms with E-state index in [1.807, 2.05) is 6.92 Å². The first kappa shape index (κ1) is 14.6. The van der Waals surface area contributed by atoms with Gasteiger partial charge in [0.15, 0.2) is 5.82 Å². The standard InChI is InChI=1S/C10H13F3N2O3/c1-2-3-7(16)4-9-14-8(15-18-9)5-17-6-10(11,12)13/h2-6H2,1H3. The van der Waals surface area contributed by atoms with Gasteiger partial charge >= 0.3 is 6.18 Å². The van der Waals surface area contributed by atoms with Gasteiger partial charge in [-0.2, -0.15) is 18.2 Å². The number of carbonyl (C=O) groups is 1. The highest BCUT2D eigenvalue weighted by Crippen LogP contribution is 2.15. The quantitative estimate of drug-likeness (QED) is 0.755. The molecule has 1 heterocycles. The second-order valence-corrected chi connectivity index (χ2v) is 3.68. The number of ether oxygens (including phenoxy) is 1. The topological polar surface area (TPSA) is 65.2 Å². The average molecular weight is 266 g/mol. The molecule has 0 aliphatic carbocycles. The molecule has 0 N–H and O–H groups in total. The number of Topliss-reactive ketones (excluding diaryl/α,β-unsaturated/α-hetero) is 1. The van der Waals surface area contributed by atoms with Crippen molar-refractivity contribution in [2.24, 2.45) is 0 Å². The number of hydrogen-bond donors (Lipinski definition) is 0. The molecule has 5 nitrogen and oxygen atoms in total. The Morgan fingerprint density at radius 2 is 2.17 bits per heavy atom. The van der Waals surface area contributed by atoms with Crippen LogP contribution in [0.4, 0.5) is 13.2 Å². The Balaban J connectivity index is 2.37. The molecular formula is C10H13F3N2O3. The van der Waals surface area contributed by atoms with Crippen LogP contribution >= 0.6 is 0 Å². The maximum atomic E-state index is 11.8. The largest absolute Gasteiger partial charge is 0.411 e. The van der Waals surface area contributed by atoms with Crippen molar-refractivity contribution in [3.63, 3.8) is 0 Å². The van der Waals surface area contributed by atoms with E-state index in [0.29, 0.717) is 12.8 Å². The first-order valence-corrected chi connectivity index (χ1v) is 5.38. The predicted molar refractivity (Wildman–Crippen MR) is 53.6 cm³/mol. The van der Waals surface area contributed by atoms with Gasteiger partial charge in [-0.05, 0) is 6.42 Å². The van der Waals surface area contributed by atoms with Gasteiger partial charge in [-0.25, -0.2) is 0 Å². The zero-order chi connectivity index (χ0) is 13.6. The molecule has 1 rings (SSSR count). The molecule has 0 aliphatic rings. The van der Waals surface area contributed by atoms with Crippen molar-refractivity contribution < 1.29 is 27.2 Å². The van der Waals surface area contributed by atoms with Crippen LogP contribution in [-0.2, 0) is 22.6 Å². The van der Waals surface area contributed by atoms with Gasteiger partial charge in [-0.1, -0.05) is 12.1 Å². The summed E-state index contributed by atoms with van der Waals surface area (Å²) in [5.74, 6) is 0.0431. The molecular weight excluding hydrogens is 253 g/mol. The summed E-state index contributed by atoms with van der Waals surface area (Å²) in [5.41, 5.74) is 0. The number of aromatic nitrogens is 2. The fourth-order valence-corrected chi connectivity index (χ4v) is 1.21. The van der Waals surface area contributed by atoms with E-state index in [-0.39, 0.29) is 23.9 Å². The highest BCUT2D eigenvalue weighted by Gasteiger charge is 2.27. The van der Waals surface area contributed by atoms with Crippen LogP contribution in [0.15, 0.2) is 4.52 Å². The van der Waals surface area contributed by atoms with Gasteiger partial charge < -0.3 is 9.26 Å². The highest BCUT2D eigenvalue weighted by atomic mass is 19.4. The molecule has 0 aliphatic heterocycles. The molecule has 0 aromatic carbocycles. The maximum absolute atomic E-state index is 11.8. The van der Waals surface area contributed by atoms with Gasteiger partial charge in [0.2, 0.25) is 5.89 Å². The van der Waals surface area contributed by atoms with Gasteiger partial charge in [0.1, 0.15) is 19.0 Å². The van der Waals surface area contributed by atoms with E-state index in [1.54, 1.807) is 0 Å². The summed E-state index contributed by atoms with van der Waals surface area (Å²) in [6.45, 7) is 0.0960. The minimum Gasteiger partial charge on any atom is -0.364 e. The zero-order valence-corrected chi connectivity index (χ0v) is 9.79. The van der Waals surface area contributed by atoms with Crippen LogP contribution in [0.5, 0.6) is 0 Å². The molecule has 8 heteroatoms. The molecule has 0 bridgehead atoms. The third-order valence-electron chi connectivity index (χ3n) is 1.88. The van der Waals surface area contributed by atoms with Crippen LogP contribution < -0.4 is 0 Å². The Morgan fingerprint density at radius 3 is 2.78 bits per heavy atom. The SMILES string of the molecule is CCCC(=O)Cc1nc(COCC(F)(F)F)no1. The molecule has 0 saturated heterocycles. The lowest BCUT2D eigenvalue weighted by atomic mass is 10.2.